The molecule has 0 saturated carbocycles. The molecule has 2 aromatic carbocycles. The molecule has 0 unspecified atom stereocenters. The number of anilines is 1. The molecule has 2 heterocycles. The Morgan fingerprint density at radius 1 is 1.15 bits per heavy atom. The van der Waals surface area contributed by atoms with Gasteiger partial charge < -0.3 is 14.6 Å². The second kappa shape index (κ2) is 9.82. The van der Waals surface area contributed by atoms with Crippen LogP contribution in [0, 0.1) is 12.7 Å². The van der Waals surface area contributed by atoms with Crippen LogP contribution in [0.1, 0.15) is 27.4 Å². The van der Waals surface area contributed by atoms with E-state index in [-0.39, 0.29) is 40.3 Å². The third kappa shape index (κ3) is 5.30. The minimum Gasteiger partial charge on any atom is -0.489 e. The molecular weight excluding hydrogens is 494 g/mol. The molecule has 0 bridgehead atoms. The predicted molar refractivity (Wildman–Crippen MR) is 123 cm³/mol. The molecule has 1 N–H and O–H groups in total. The Hall–Kier alpha value is -3.07. The largest absolute Gasteiger partial charge is 0.489 e. The lowest BCUT2D eigenvalue weighted by Gasteiger charge is -2.07. The lowest BCUT2D eigenvalue weighted by molar-refractivity contribution is 0.101. The van der Waals surface area contributed by atoms with Crippen LogP contribution >= 0.6 is 34.8 Å². The third-order valence-electron chi connectivity index (χ3n) is 4.71. The number of carbonyl (C=O) groups is 1. The fourth-order valence-electron chi connectivity index (χ4n) is 3.03. The Labute approximate surface area is 203 Å². The van der Waals surface area contributed by atoms with Crippen LogP contribution in [0.25, 0.3) is 0 Å². The van der Waals surface area contributed by atoms with Crippen molar-refractivity contribution >= 4 is 46.5 Å². The SMILES string of the molecule is Cc1onc(C(=O)Nc2nn(Cc3c(F)cccc3Cl)cc2Cl)c1COc1cccc(Cl)c1. The number of amides is 1. The van der Waals surface area contributed by atoms with E-state index < -0.39 is 11.7 Å². The number of hydrogen-bond acceptors (Lipinski definition) is 5. The van der Waals surface area contributed by atoms with E-state index in [9.17, 15) is 9.18 Å². The van der Waals surface area contributed by atoms with Crippen molar-refractivity contribution in [2.75, 3.05) is 5.32 Å². The molecule has 0 aliphatic heterocycles. The molecule has 1 amide bonds. The number of ether oxygens (including phenoxy) is 1. The number of hydrogen-bond donors (Lipinski definition) is 1. The minimum atomic E-state index is -0.590. The van der Waals surface area contributed by atoms with Crippen LogP contribution in [0.2, 0.25) is 15.1 Å². The number of nitrogens with one attached hydrogen (secondary N) is 1. The zero-order valence-electron chi connectivity index (χ0n) is 17.1. The zero-order valence-corrected chi connectivity index (χ0v) is 19.4. The molecule has 0 saturated heterocycles. The molecule has 0 aliphatic rings. The van der Waals surface area contributed by atoms with Crippen LogP contribution in [0.4, 0.5) is 10.2 Å². The molecule has 4 rings (SSSR count). The van der Waals surface area contributed by atoms with Crippen molar-refractivity contribution < 1.29 is 18.4 Å². The number of aromatic nitrogens is 3. The highest BCUT2D eigenvalue weighted by molar-refractivity contribution is 6.33. The first kappa shape index (κ1) is 23.1. The first-order chi connectivity index (χ1) is 15.8. The van der Waals surface area contributed by atoms with Crippen LogP contribution in [0.3, 0.4) is 0 Å². The number of rotatable bonds is 7. The van der Waals surface area contributed by atoms with Crippen LogP contribution in [-0.2, 0) is 13.2 Å². The Kier molecular flexibility index (Phi) is 6.88. The maximum absolute atomic E-state index is 14.1. The van der Waals surface area contributed by atoms with Gasteiger partial charge in [-0.25, -0.2) is 4.39 Å². The fourth-order valence-corrected chi connectivity index (χ4v) is 3.63. The average molecular weight is 510 g/mol. The van der Waals surface area contributed by atoms with E-state index in [0.717, 1.165) is 0 Å². The number of benzene rings is 2. The number of aryl methyl sites for hydroxylation is 1. The highest BCUT2D eigenvalue weighted by Gasteiger charge is 2.22. The van der Waals surface area contributed by atoms with E-state index >= 15 is 0 Å². The van der Waals surface area contributed by atoms with Gasteiger partial charge in [-0.15, -0.1) is 0 Å². The van der Waals surface area contributed by atoms with Crippen LogP contribution in [-0.4, -0.2) is 20.8 Å². The van der Waals surface area contributed by atoms with Gasteiger partial charge >= 0.3 is 0 Å². The fraction of sp³-hybridized carbons (Fsp3) is 0.136. The number of halogens is 4. The van der Waals surface area contributed by atoms with Gasteiger partial charge in [0, 0.05) is 21.8 Å². The zero-order chi connectivity index (χ0) is 23.5. The van der Waals surface area contributed by atoms with Gasteiger partial charge in [0.25, 0.3) is 5.91 Å². The maximum atomic E-state index is 14.1. The summed E-state index contributed by atoms with van der Waals surface area (Å²) >= 11 is 18.3. The summed E-state index contributed by atoms with van der Waals surface area (Å²) in [6, 6.07) is 11.2. The second-order valence-corrected chi connectivity index (χ2v) is 8.24. The molecule has 170 valence electrons. The molecule has 4 aromatic rings. The molecule has 0 spiro atoms. The van der Waals surface area contributed by atoms with Gasteiger partial charge in [0.15, 0.2) is 11.5 Å². The topological polar surface area (TPSA) is 82.2 Å². The molecule has 11 heteroatoms. The maximum Gasteiger partial charge on any atom is 0.279 e. The molecule has 0 radical (unpaired) electrons. The standard InChI is InChI=1S/C22H16Cl3FN4O3/c1-12-16(11-32-14-5-2-4-13(23)8-14)20(29-33-12)22(31)27-21-18(25)10-30(28-21)9-15-17(24)6-3-7-19(15)26/h2-8,10H,9,11H2,1H3,(H,27,28,31). The summed E-state index contributed by atoms with van der Waals surface area (Å²) in [5.74, 6) is -0.0257. The van der Waals surface area contributed by atoms with Gasteiger partial charge in [-0.3, -0.25) is 9.48 Å². The summed E-state index contributed by atoms with van der Waals surface area (Å²) in [5.41, 5.74) is 0.738. The number of carbonyl (C=O) groups excluding carboxylic acids is 1. The molecule has 7 nitrogen and oxygen atoms in total. The van der Waals surface area contributed by atoms with Gasteiger partial charge in [0.05, 0.1) is 12.1 Å². The van der Waals surface area contributed by atoms with Gasteiger partial charge in [-0.05, 0) is 37.3 Å². The molecule has 0 atom stereocenters. The number of nitrogens with zero attached hydrogens (tertiary/aromatic N) is 3. The minimum absolute atomic E-state index is 0.0253. The van der Waals surface area contributed by atoms with Crippen molar-refractivity contribution in [1.82, 2.24) is 14.9 Å². The van der Waals surface area contributed by atoms with Crippen molar-refractivity contribution in [1.29, 1.82) is 0 Å². The predicted octanol–water partition coefficient (Wildman–Crippen LogP) is 6.16. The lowest BCUT2D eigenvalue weighted by atomic mass is 10.2. The average Bonchev–Trinajstić information content (AvgIpc) is 3.31. The summed E-state index contributed by atoms with van der Waals surface area (Å²) in [6.07, 6.45) is 1.46. The quantitative estimate of drug-likeness (QED) is 0.323. The van der Waals surface area contributed by atoms with Crippen LogP contribution in [0.15, 0.2) is 53.2 Å². The summed E-state index contributed by atoms with van der Waals surface area (Å²) in [6.45, 7) is 1.73. The third-order valence-corrected chi connectivity index (χ3v) is 5.58. The van der Waals surface area contributed by atoms with E-state index in [1.165, 1.54) is 23.0 Å². The summed E-state index contributed by atoms with van der Waals surface area (Å²) in [4.78, 5) is 12.8. The van der Waals surface area contributed by atoms with Crippen molar-refractivity contribution in [3.8, 4) is 5.75 Å². The van der Waals surface area contributed by atoms with E-state index in [2.05, 4.69) is 15.6 Å². The Morgan fingerprint density at radius 3 is 2.70 bits per heavy atom. The van der Waals surface area contributed by atoms with E-state index in [1.54, 1.807) is 37.3 Å². The summed E-state index contributed by atoms with van der Waals surface area (Å²) in [5, 5.41) is 11.6. The highest BCUT2D eigenvalue weighted by Crippen LogP contribution is 2.25. The monoisotopic (exact) mass is 508 g/mol. The molecule has 33 heavy (non-hydrogen) atoms. The van der Waals surface area contributed by atoms with E-state index in [1.807, 2.05) is 0 Å². The molecule has 2 aromatic heterocycles. The Bertz CT molecular complexity index is 1300. The van der Waals surface area contributed by atoms with Gasteiger partial charge in [0.2, 0.25) is 0 Å². The van der Waals surface area contributed by atoms with Crippen molar-refractivity contribution in [2.24, 2.45) is 0 Å². The molecule has 0 aliphatic carbocycles. The molecule has 0 fully saturated rings. The van der Waals surface area contributed by atoms with Gasteiger partial charge in [-0.2, -0.15) is 5.10 Å². The highest BCUT2D eigenvalue weighted by atomic mass is 35.5. The second-order valence-electron chi connectivity index (χ2n) is 6.99. The lowest BCUT2D eigenvalue weighted by Crippen LogP contribution is -2.16. The van der Waals surface area contributed by atoms with Crippen molar-refractivity contribution in [3.63, 3.8) is 0 Å². The van der Waals surface area contributed by atoms with Crippen LogP contribution < -0.4 is 10.1 Å². The van der Waals surface area contributed by atoms with Gasteiger partial charge in [0.1, 0.15) is 29.0 Å². The smallest absolute Gasteiger partial charge is 0.279 e. The normalized spacial score (nSPS) is 10.9. The van der Waals surface area contributed by atoms with Crippen molar-refractivity contribution in [2.45, 2.75) is 20.1 Å². The summed E-state index contributed by atoms with van der Waals surface area (Å²) < 4.78 is 26.3. The Balaban J connectivity index is 1.49. The van der Waals surface area contributed by atoms with Gasteiger partial charge in [-0.1, -0.05) is 52.1 Å². The van der Waals surface area contributed by atoms with E-state index in [4.69, 9.17) is 44.1 Å². The first-order valence-electron chi connectivity index (χ1n) is 9.62. The van der Waals surface area contributed by atoms with Crippen molar-refractivity contribution in [3.05, 3.63) is 92.1 Å². The van der Waals surface area contributed by atoms with Crippen LogP contribution in [0.5, 0.6) is 5.75 Å². The first-order valence-corrected chi connectivity index (χ1v) is 10.8. The van der Waals surface area contributed by atoms with E-state index in [0.29, 0.717) is 22.1 Å². The Morgan fingerprint density at radius 2 is 1.94 bits per heavy atom. The molecular formula is C22H16Cl3FN4O3. The summed E-state index contributed by atoms with van der Waals surface area (Å²) in [7, 11) is 0.